The molecule has 0 saturated carbocycles. The molecule has 0 aliphatic rings. The van der Waals surface area contributed by atoms with E-state index in [-0.39, 0.29) is 5.91 Å². The van der Waals surface area contributed by atoms with Crippen LogP contribution in [0.15, 0.2) is 24.3 Å². The van der Waals surface area contributed by atoms with Crippen LogP contribution in [0.3, 0.4) is 0 Å². The van der Waals surface area contributed by atoms with E-state index in [4.69, 9.17) is 5.73 Å². The van der Waals surface area contributed by atoms with Gasteiger partial charge in [0.25, 0.3) is 0 Å². The molecule has 3 heteroatoms. The van der Waals surface area contributed by atoms with Crippen molar-refractivity contribution in [3.63, 3.8) is 0 Å². The fraction of sp³-hybridized carbons (Fsp3) is 0.364. The highest BCUT2D eigenvalue weighted by Gasteiger charge is 1.94. The van der Waals surface area contributed by atoms with Gasteiger partial charge in [0.15, 0.2) is 0 Å². The van der Waals surface area contributed by atoms with Crippen LogP contribution in [0, 0.1) is 6.92 Å². The molecule has 1 aromatic carbocycles. The SMILES string of the molecule is Cc1cccc(NCCCC(N)=O)c1. The molecule has 76 valence electrons. The van der Waals surface area contributed by atoms with Crippen LogP contribution >= 0.6 is 0 Å². The van der Waals surface area contributed by atoms with Crippen LogP contribution in [0.5, 0.6) is 0 Å². The van der Waals surface area contributed by atoms with Crippen LogP contribution in [-0.4, -0.2) is 12.5 Å². The molecule has 0 fully saturated rings. The first kappa shape index (κ1) is 10.6. The molecular weight excluding hydrogens is 176 g/mol. The molecular formula is C11H16N2O. The molecule has 14 heavy (non-hydrogen) atoms. The zero-order valence-electron chi connectivity index (χ0n) is 8.42. The molecule has 0 aliphatic heterocycles. The Labute approximate surface area is 84.3 Å². The average molecular weight is 192 g/mol. The van der Waals surface area contributed by atoms with E-state index in [0.717, 1.165) is 18.7 Å². The first-order valence-corrected chi connectivity index (χ1v) is 4.77. The molecule has 3 N–H and O–H groups in total. The molecule has 1 amide bonds. The maximum Gasteiger partial charge on any atom is 0.217 e. The zero-order valence-corrected chi connectivity index (χ0v) is 8.42. The number of carbonyl (C=O) groups excluding carboxylic acids is 1. The molecule has 0 spiro atoms. The van der Waals surface area contributed by atoms with Crippen molar-refractivity contribution in [1.29, 1.82) is 0 Å². The third kappa shape index (κ3) is 3.94. The number of primary amides is 1. The molecule has 3 nitrogen and oxygen atoms in total. The van der Waals surface area contributed by atoms with Gasteiger partial charge in [0, 0.05) is 18.7 Å². The summed E-state index contributed by atoms with van der Waals surface area (Å²) in [6.45, 7) is 2.83. The van der Waals surface area contributed by atoms with Crippen LogP contribution in [-0.2, 0) is 4.79 Å². The van der Waals surface area contributed by atoms with Gasteiger partial charge in [0.2, 0.25) is 5.91 Å². The van der Waals surface area contributed by atoms with Crippen molar-refractivity contribution in [2.75, 3.05) is 11.9 Å². The summed E-state index contributed by atoms with van der Waals surface area (Å²) in [5, 5.41) is 3.23. The smallest absolute Gasteiger partial charge is 0.217 e. The lowest BCUT2D eigenvalue weighted by Gasteiger charge is -2.05. The summed E-state index contributed by atoms with van der Waals surface area (Å²) in [5.41, 5.74) is 7.35. The van der Waals surface area contributed by atoms with E-state index >= 15 is 0 Å². The molecule has 1 aromatic rings. The summed E-state index contributed by atoms with van der Waals surface area (Å²) >= 11 is 0. The average Bonchev–Trinajstić information content (AvgIpc) is 2.12. The largest absolute Gasteiger partial charge is 0.385 e. The normalized spacial score (nSPS) is 9.79. The second-order valence-electron chi connectivity index (χ2n) is 3.37. The van der Waals surface area contributed by atoms with Crippen LogP contribution < -0.4 is 11.1 Å². The van der Waals surface area contributed by atoms with Crippen LogP contribution in [0.25, 0.3) is 0 Å². The van der Waals surface area contributed by atoms with Crippen LogP contribution in [0.4, 0.5) is 5.69 Å². The van der Waals surface area contributed by atoms with E-state index in [1.807, 2.05) is 12.1 Å². The molecule has 0 radical (unpaired) electrons. The minimum atomic E-state index is -0.240. The minimum absolute atomic E-state index is 0.240. The molecule has 0 aliphatic carbocycles. The molecule has 0 heterocycles. The number of hydrogen-bond donors (Lipinski definition) is 2. The van der Waals surface area contributed by atoms with Crippen molar-refractivity contribution < 1.29 is 4.79 Å². The third-order valence-corrected chi connectivity index (χ3v) is 1.95. The number of hydrogen-bond acceptors (Lipinski definition) is 2. The molecule has 0 aromatic heterocycles. The molecule has 0 saturated heterocycles. The fourth-order valence-corrected chi connectivity index (χ4v) is 1.25. The predicted octanol–water partition coefficient (Wildman–Crippen LogP) is 1.67. The monoisotopic (exact) mass is 192 g/mol. The lowest BCUT2D eigenvalue weighted by Crippen LogP contribution is -2.12. The van der Waals surface area contributed by atoms with Crippen LogP contribution in [0.1, 0.15) is 18.4 Å². The standard InChI is InChI=1S/C11H16N2O/c1-9-4-2-5-10(8-9)13-7-3-6-11(12)14/h2,4-5,8,13H,3,6-7H2,1H3,(H2,12,14). The molecule has 1 rings (SSSR count). The van der Waals surface area contributed by atoms with E-state index in [2.05, 4.69) is 24.4 Å². The van der Waals surface area contributed by atoms with Crippen LogP contribution in [0.2, 0.25) is 0 Å². The minimum Gasteiger partial charge on any atom is -0.385 e. The maximum atomic E-state index is 10.5. The van der Waals surface area contributed by atoms with Crippen molar-refractivity contribution in [3.05, 3.63) is 29.8 Å². The fourth-order valence-electron chi connectivity index (χ4n) is 1.25. The van der Waals surface area contributed by atoms with E-state index in [9.17, 15) is 4.79 Å². The zero-order chi connectivity index (χ0) is 10.4. The Bertz CT molecular complexity index is 310. The van der Waals surface area contributed by atoms with Crippen molar-refractivity contribution >= 4 is 11.6 Å². The van der Waals surface area contributed by atoms with Crippen molar-refractivity contribution in [2.24, 2.45) is 5.73 Å². The summed E-state index contributed by atoms with van der Waals surface area (Å²) in [6.07, 6.45) is 1.22. The number of anilines is 1. The summed E-state index contributed by atoms with van der Waals surface area (Å²) in [4.78, 5) is 10.5. The highest BCUT2D eigenvalue weighted by molar-refractivity contribution is 5.73. The van der Waals surface area contributed by atoms with Gasteiger partial charge in [0.1, 0.15) is 0 Å². The molecule has 0 atom stereocenters. The van der Waals surface area contributed by atoms with E-state index in [0.29, 0.717) is 6.42 Å². The van der Waals surface area contributed by atoms with Gasteiger partial charge in [-0.05, 0) is 31.0 Å². The summed E-state index contributed by atoms with van der Waals surface area (Å²) in [5.74, 6) is -0.240. The maximum absolute atomic E-state index is 10.5. The number of aryl methyl sites for hydroxylation is 1. The number of amides is 1. The van der Waals surface area contributed by atoms with E-state index in [1.54, 1.807) is 0 Å². The topological polar surface area (TPSA) is 55.1 Å². The van der Waals surface area contributed by atoms with Gasteiger partial charge < -0.3 is 11.1 Å². The summed E-state index contributed by atoms with van der Waals surface area (Å²) in [6, 6.07) is 8.14. The number of carbonyl (C=O) groups is 1. The van der Waals surface area contributed by atoms with Crippen molar-refractivity contribution in [1.82, 2.24) is 0 Å². The highest BCUT2D eigenvalue weighted by atomic mass is 16.1. The van der Waals surface area contributed by atoms with E-state index < -0.39 is 0 Å². The van der Waals surface area contributed by atoms with Crippen molar-refractivity contribution in [2.45, 2.75) is 19.8 Å². The van der Waals surface area contributed by atoms with Gasteiger partial charge in [-0.2, -0.15) is 0 Å². The molecule has 0 bridgehead atoms. The van der Waals surface area contributed by atoms with Crippen molar-refractivity contribution in [3.8, 4) is 0 Å². The Balaban J connectivity index is 2.28. The summed E-state index contributed by atoms with van der Waals surface area (Å²) in [7, 11) is 0. The second-order valence-corrected chi connectivity index (χ2v) is 3.37. The predicted molar refractivity (Wildman–Crippen MR) is 58.1 cm³/mol. The molecule has 0 unspecified atom stereocenters. The lowest BCUT2D eigenvalue weighted by molar-refractivity contribution is -0.118. The third-order valence-electron chi connectivity index (χ3n) is 1.95. The Kier molecular flexibility index (Phi) is 3.98. The first-order valence-electron chi connectivity index (χ1n) is 4.77. The van der Waals surface area contributed by atoms with Gasteiger partial charge in [0.05, 0.1) is 0 Å². The van der Waals surface area contributed by atoms with Gasteiger partial charge in [-0.3, -0.25) is 4.79 Å². The number of nitrogens with one attached hydrogen (secondary N) is 1. The number of nitrogens with two attached hydrogens (primary N) is 1. The Hall–Kier alpha value is -1.51. The van der Waals surface area contributed by atoms with E-state index in [1.165, 1.54) is 5.56 Å². The first-order chi connectivity index (χ1) is 6.68. The van der Waals surface area contributed by atoms with Gasteiger partial charge >= 0.3 is 0 Å². The Morgan fingerprint density at radius 2 is 2.29 bits per heavy atom. The van der Waals surface area contributed by atoms with Gasteiger partial charge in [-0.15, -0.1) is 0 Å². The van der Waals surface area contributed by atoms with Gasteiger partial charge in [-0.25, -0.2) is 0 Å². The number of rotatable bonds is 5. The van der Waals surface area contributed by atoms with Gasteiger partial charge in [-0.1, -0.05) is 12.1 Å². The highest BCUT2D eigenvalue weighted by Crippen LogP contribution is 2.09. The lowest BCUT2D eigenvalue weighted by atomic mass is 10.2. The second kappa shape index (κ2) is 5.27. The Morgan fingerprint density at radius 3 is 2.93 bits per heavy atom. The number of benzene rings is 1. The quantitative estimate of drug-likeness (QED) is 0.697. The summed E-state index contributed by atoms with van der Waals surface area (Å²) < 4.78 is 0. The Morgan fingerprint density at radius 1 is 1.50 bits per heavy atom.